The SMILES string of the molecule is CCNC(c1ccc(CC)cc1)C(CC)(CC)OCC. The standard InChI is InChI=1S/C18H31NO/c1-6-15-11-13-16(14-12-15)17(19-9-4)18(7-2,8-3)20-10-5/h11-14,17,19H,6-10H2,1-5H3. The predicted octanol–water partition coefficient (Wildman–Crippen LogP) is 4.49. The molecule has 0 heterocycles. The van der Waals surface area contributed by atoms with Crippen LogP contribution in [0, 0.1) is 0 Å². The zero-order valence-corrected chi connectivity index (χ0v) is 13.8. The van der Waals surface area contributed by atoms with E-state index in [2.05, 4.69) is 64.2 Å². The minimum atomic E-state index is -0.113. The Kier molecular flexibility index (Phi) is 7.25. The first-order valence-electron chi connectivity index (χ1n) is 8.13. The van der Waals surface area contributed by atoms with E-state index in [0.29, 0.717) is 0 Å². The topological polar surface area (TPSA) is 21.3 Å². The lowest BCUT2D eigenvalue weighted by Crippen LogP contribution is -2.45. The Morgan fingerprint density at radius 3 is 2.00 bits per heavy atom. The minimum Gasteiger partial charge on any atom is -0.373 e. The Bertz CT molecular complexity index is 368. The van der Waals surface area contributed by atoms with Gasteiger partial charge in [-0.3, -0.25) is 0 Å². The van der Waals surface area contributed by atoms with Crippen molar-refractivity contribution >= 4 is 0 Å². The van der Waals surface area contributed by atoms with Crippen LogP contribution in [-0.2, 0) is 11.2 Å². The molecule has 114 valence electrons. The number of aryl methyl sites for hydroxylation is 1. The van der Waals surface area contributed by atoms with Crippen molar-refractivity contribution in [3.8, 4) is 0 Å². The summed E-state index contributed by atoms with van der Waals surface area (Å²) in [6, 6.07) is 9.24. The van der Waals surface area contributed by atoms with Crippen molar-refractivity contribution in [1.82, 2.24) is 5.32 Å². The minimum absolute atomic E-state index is 0.113. The fourth-order valence-electron chi connectivity index (χ4n) is 2.99. The summed E-state index contributed by atoms with van der Waals surface area (Å²) in [7, 11) is 0. The molecule has 1 unspecified atom stereocenters. The summed E-state index contributed by atoms with van der Waals surface area (Å²) in [5, 5.41) is 3.64. The van der Waals surface area contributed by atoms with Gasteiger partial charge in [-0.15, -0.1) is 0 Å². The van der Waals surface area contributed by atoms with Crippen molar-refractivity contribution in [1.29, 1.82) is 0 Å². The largest absolute Gasteiger partial charge is 0.373 e. The zero-order chi connectivity index (χ0) is 15.0. The summed E-state index contributed by atoms with van der Waals surface area (Å²) in [5.74, 6) is 0. The van der Waals surface area contributed by atoms with E-state index in [1.54, 1.807) is 0 Å². The molecule has 0 saturated carbocycles. The molecule has 0 aliphatic carbocycles. The molecule has 1 aromatic rings. The van der Waals surface area contributed by atoms with Crippen LogP contribution in [0.25, 0.3) is 0 Å². The third-order valence-electron chi connectivity index (χ3n) is 4.28. The lowest BCUT2D eigenvalue weighted by molar-refractivity contribution is -0.0730. The Labute approximate surface area is 124 Å². The molecule has 0 amide bonds. The molecule has 0 aliphatic rings. The van der Waals surface area contributed by atoms with Crippen LogP contribution < -0.4 is 5.32 Å². The average molecular weight is 277 g/mol. The second-order valence-corrected chi connectivity index (χ2v) is 5.29. The van der Waals surface area contributed by atoms with Crippen molar-refractivity contribution in [2.45, 2.75) is 65.5 Å². The molecule has 0 aromatic heterocycles. The molecule has 0 radical (unpaired) electrons. The van der Waals surface area contributed by atoms with Crippen LogP contribution >= 0.6 is 0 Å². The second-order valence-electron chi connectivity index (χ2n) is 5.29. The molecule has 1 rings (SSSR count). The number of benzene rings is 1. The molecular formula is C18H31NO. The maximum absolute atomic E-state index is 6.19. The molecule has 0 saturated heterocycles. The van der Waals surface area contributed by atoms with Crippen LogP contribution in [0.2, 0.25) is 0 Å². The first-order valence-corrected chi connectivity index (χ1v) is 8.13. The van der Waals surface area contributed by atoms with Gasteiger partial charge in [0.25, 0.3) is 0 Å². The van der Waals surface area contributed by atoms with Gasteiger partial charge in [-0.1, -0.05) is 52.0 Å². The van der Waals surface area contributed by atoms with E-state index >= 15 is 0 Å². The predicted molar refractivity (Wildman–Crippen MR) is 87.2 cm³/mol. The van der Waals surface area contributed by atoms with E-state index in [-0.39, 0.29) is 11.6 Å². The van der Waals surface area contributed by atoms with Gasteiger partial charge in [0.15, 0.2) is 0 Å². The highest BCUT2D eigenvalue weighted by molar-refractivity contribution is 5.27. The lowest BCUT2D eigenvalue weighted by Gasteiger charge is -2.40. The number of hydrogen-bond donors (Lipinski definition) is 1. The van der Waals surface area contributed by atoms with Gasteiger partial charge in [0.1, 0.15) is 0 Å². The van der Waals surface area contributed by atoms with Crippen molar-refractivity contribution in [2.75, 3.05) is 13.2 Å². The van der Waals surface area contributed by atoms with Gasteiger partial charge in [-0.25, -0.2) is 0 Å². The number of likely N-dealkylation sites (N-methyl/N-ethyl adjacent to an activating group) is 1. The number of rotatable bonds is 9. The molecule has 2 nitrogen and oxygen atoms in total. The summed E-state index contributed by atoms with van der Waals surface area (Å²) in [6.45, 7) is 12.6. The van der Waals surface area contributed by atoms with Crippen LogP contribution in [0.1, 0.15) is 64.6 Å². The third-order valence-corrected chi connectivity index (χ3v) is 4.28. The van der Waals surface area contributed by atoms with Gasteiger partial charge < -0.3 is 10.1 Å². The summed E-state index contributed by atoms with van der Waals surface area (Å²) >= 11 is 0. The van der Waals surface area contributed by atoms with E-state index in [9.17, 15) is 0 Å². The third kappa shape index (κ3) is 3.83. The molecule has 1 aromatic carbocycles. The fourth-order valence-corrected chi connectivity index (χ4v) is 2.99. The van der Waals surface area contributed by atoms with Gasteiger partial charge in [-0.2, -0.15) is 0 Å². The van der Waals surface area contributed by atoms with Gasteiger partial charge in [0, 0.05) is 6.61 Å². The smallest absolute Gasteiger partial charge is 0.0870 e. The van der Waals surface area contributed by atoms with Gasteiger partial charge >= 0.3 is 0 Å². The highest BCUT2D eigenvalue weighted by atomic mass is 16.5. The Balaban J connectivity index is 3.11. The molecule has 1 atom stereocenters. The summed E-state index contributed by atoms with van der Waals surface area (Å²) in [4.78, 5) is 0. The summed E-state index contributed by atoms with van der Waals surface area (Å²) in [5.41, 5.74) is 2.61. The van der Waals surface area contributed by atoms with Gasteiger partial charge in [0.05, 0.1) is 11.6 Å². The van der Waals surface area contributed by atoms with Gasteiger partial charge in [-0.05, 0) is 43.9 Å². The molecule has 0 bridgehead atoms. The Morgan fingerprint density at radius 2 is 1.60 bits per heavy atom. The Morgan fingerprint density at radius 1 is 1.00 bits per heavy atom. The van der Waals surface area contributed by atoms with Crippen molar-refractivity contribution in [3.63, 3.8) is 0 Å². The van der Waals surface area contributed by atoms with Crippen LogP contribution in [0.5, 0.6) is 0 Å². The van der Waals surface area contributed by atoms with Crippen molar-refractivity contribution in [3.05, 3.63) is 35.4 Å². The van der Waals surface area contributed by atoms with E-state index in [1.807, 2.05) is 0 Å². The quantitative estimate of drug-likeness (QED) is 0.718. The second kappa shape index (κ2) is 8.43. The molecule has 0 aliphatic heterocycles. The highest BCUT2D eigenvalue weighted by Gasteiger charge is 2.36. The summed E-state index contributed by atoms with van der Waals surface area (Å²) < 4.78 is 6.19. The molecule has 1 N–H and O–H groups in total. The normalized spacial score (nSPS) is 13.4. The van der Waals surface area contributed by atoms with Crippen LogP contribution in [0.15, 0.2) is 24.3 Å². The number of ether oxygens (including phenoxy) is 1. The van der Waals surface area contributed by atoms with Crippen molar-refractivity contribution < 1.29 is 4.74 Å². The Hall–Kier alpha value is -0.860. The maximum atomic E-state index is 6.19. The van der Waals surface area contributed by atoms with Crippen molar-refractivity contribution in [2.24, 2.45) is 0 Å². The molecule has 2 heteroatoms. The average Bonchev–Trinajstić information content (AvgIpc) is 2.51. The molecule has 20 heavy (non-hydrogen) atoms. The van der Waals surface area contributed by atoms with Gasteiger partial charge in [0.2, 0.25) is 0 Å². The number of nitrogens with one attached hydrogen (secondary N) is 1. The summed E-state index contributed by atoms with van der Waals surface area (Å²) in [6.07, 6.45) is 3.12. The van der Waals surface area contributed by atoms with E-state index < -0.39 is 0 Å². The zero-order valence-electron chi connectivity index (χ0n) is 13.8. The fraction of sp³-hybridized carbons (Fsp3) is 0.667. The van der Waals surface area contributed by atoms with Crippen LogP contribution in [-0.4, -0.2) is 18.8 Å². The monoisotopic (exact) mass is 277 g/mol. The molecular weight excluding hydrogens is 246 g/mol. The van der Waals surface area contributed by atoms with E-state index in [4.69, 9.17) is 4.74 Å². The van der Waals surface area contributed by atoms with E-state index in [1.165, 1.54) is 11.1 Å². The lowest BCUT2D eigenvalue weighted by atomic mass is 9.83. The number of hydrogen-bond acceptors (Lipinski definition) is 2. The molecule has 0 fully saturated rings. The maximum Gasteiger partial charge on any atom is 0.0870 e. The van der Waals surface area contributed by atoms with Crippen LogP contribution in [0.4, 0.5) is 0 Å². The first kappa shape index (κ1) is 17.2. The van der Waals surface area contributed by atoms with E-state index in [0.717, 1.165) is 32.4 Å². The van der Waals surface area contributed by atoms with Crippen LogP contribution in [0.3, 0.4) is 0 Å². The highest BCUT2D eigenvalue weighted by Crippen LogP contribution is 2.35. The molecule has 0 spiro atoms. The first-order chi connectivity index (χ1) is 9.67.